The van der Waals surface area contributed by atoms with E-state index in [1.54, 1.807) is 113 Å². The molecule has 0 aliphatic rings. The third-order valence-corrected chi connectivity index (χ3v) is 7.84. The van der Waals surface area contributed by atoms with Crippen LogP contribution in [0.2, 0.25) is 0 Å². The fourth-order valence-electron chi connectivity index (χ4n) is 5.08. The first-order valence-corrected chi connectivity index (χ1v) is 15.9. The summed E-state index contributed by atoms with van der Waals surface area (Å²) in [4.78, 5) is 40.9. The number of benzene rings is 4. The molecule has 4 aromatic carbocycles. The lowest BCUT2D eigenvalue weighted by molar-refractivity contribution is -0.131. The summed E-state index contributed by atoms with van der Waals surface area (Å²) in [6, 6.07) is 27.7. The number of rotatable bonds is 16. The smallest absolute Gasteiger partial charge is 0.475 e. The Labute approximate surface area is 286 Å². The first-order valence-electron chi connectivity index (χ1n) is 15.9. The van der Waals surface area contributed by atoms with E-state index in [4.69, 9.17) is 14.2 Å². The molecule has 4 rings (SSSR count). The summed E-state index contributed by atoms with van der Waals surface area (Å²) in [6.07, 6.45) is 0.235. The number of amides is 3. The zero-order valence-electron chi connectivity index (χ0n) is 28.0. The van der Waals surface area contributed by atoms with Crippen LogP contribution in [0, 0.1) is 5.92 Å². The van der Waals surface area contributed by atoms with Crippen LogP contribution in [0.5, 0.6) is 23.0 Å². The predicted molar refractivity (Wildman–Crippen MR) is 186 cm³/mol. The van der Waals surface area contributed by atoms with Crippen LogP contribution in [0.15, 0.2) is 103 Å². The quantitative estimate of drug-likeness (QED) is 0.113. The van der Waals surface area contributed by atoms with Gasteiger partial charge < -0.3 is 40.2 Å². The van der Waals surface area contributed by atoms with Gasteiger partial charge in [0.15, 0.2) is 0 Å². The van der Waals surface area contributed by atoms with Crippen LogP contribution < -0.4 is 30.2 Å². The molecule has 0 unspecified atom stereocenters. The van der Waals surface area contributed by atoms with Gasteiger partial charge in [-0.3, -0.25) is 14.4 Å². The number of para-hydroxylation sites is 1. The molecule has 5 N–H and O–H groups in total. The van der Waals surface area contributed by atoms with E-state index in [1.165, 1.54) is 0 Å². The summed E-state index contributed by atoms with van der Waals surface area (Å²) in [6.45, 7) is 3.52. The number of hydrogen-bond acceptors (Lipinski definition) is 8. The third-order valence-electron chi connectivity index (χ3n) is 7.84. The Morgan fingerprint density at radius 2 is 1.22 bits per heavy atom. The van der Waals surface area contributed by atoms with Crippen molar-refractivity contribution in [2.24, 2.45) is 5.92 Å². The molecule has 49 heavy (non-hydrogen) atoms. The fraction of sp³-hybridized carbons (Fsp3) is 0.270. The van der Waals surface area contributed by atoms with Gasteiger partial charge in [0.2, 0.25) is 11.8 Å². The van der Waals surface area contributed by atoms with E-state index in [2.05, 4.69) is 16.0 Å². The van der Waals surface area contributed by atoms with Gasteiger partial charge in [-0.05, 0) is 78.1 Å². The summed E-state index contributed by atoms with van der Waals surface area (Å²) < 4.78 is 16.3. The van der Waals surface area contributed by atoms with Crippen LogP contribution >= 0.6 is 0 Å². The van der Waals surface area contributed by atoms with Crippen LogP contribution in [0.1, 0.15) is 35.3 Å². The number of hydrogen-bond donors (Lipinski definition) is 5. The van der Waals surface area contributed by atoms with Crippen LogP contribution in [0.3, 0.4) is 0 Å². The van der Waals surface area contributed by atoms with Gasteiger partial charge in [-0.1, -0.05) is 62.4 Å². The van der Waals surface area contributed by atoms with Crippen molar-refractivity contribution < 1.29 is 38.6 Å². The molecule has 11 nitrogen and oxygen atoms in total. The van der Waals surface area contributed by atoms with Crippen LogP contribution in [-0.2, 0) is 22.4 Å². The first kappa shape index (κ1) is 36.5. The molecule has 0 bridgehead atoms. The van der Waals surface area contributed by atoms with Gasteiger partial charge in [0.05, 0.1) is 20.2 Å². The summed E-state index contributed by atoms with van der Waals surface area (Å²) >= 11 is 0. The van der Waals surface area contributed by atoms with Crippen molar-refractivity contribution in [1.29, 1.82) is 0 Å². The minimum atomic E-state index is -1.86. The van der Waals surface area contributed by atoms with Gasteiger partial charge in [-0.2, -0.15) is 0 Å². The maximum absolute atomic E-state index is 13.9. The average molecular weight is 668 g/mol. The van der Waals surface area contributed by atoms with Crippen molar-refractivity contribution in [3.05, 3.63) is 120 Å². The lowest BCUT2D eigenvalue weighted by atomic mass is 9.75. The van der Waals surface area contributed by atoms with Crippen molar-refractivity contribution >= 4 is 24.8 Å². The molecule has 4 aromatic rings. The van der Waals surface area contributed by atoms with Gasteiger partial charge in [-0.25, -0.2) is 0 Å². The minimum absolute atomic E-state index is 0.115. The Balaban J connectivity index is 1.51. The van der Waals surface area contributed by atoms with Crippen molar-refractivity contribution in [3.63, 3.8) is 0 Å². The zero-order valence-corrected chi connectivity index (χ0v) is 28.0. The zero-order chi connectivity index (χ0) is 35.3. The largest absolute Gasteiger partial charge is 0.497 e. The Morgan fingerprint density at radius 1 is 0.653 bits per heavy atom. The summed E-state index contributed by atoms with van der Waals surface area (Å²) in [7, 11) is 1.23. The van der Waals surface area contributed by atoms with E-state index in [1.807, 2.05) is 18.2 Å². The molecular formula is C37H42BN3O8. The normalized spacial score (nSPS) is 12.6. The molecule has 0 saturated heterocycles. The Kier molecular flexibility index (Phi) is 13.2. The van der Waals surface area contributed by atoms with Gasteiger partial charge in [0.1, 0.15) is 35.1 Å². The standard InChI is InChI=1S/C37H42BN3O8/c1-24(2)34(37(44)40-33(38(45)46)22-26-15-19-29(48-4)20-16-26)41-36(43)32(21-25-13-17-28(47-3)18-14-25)39-35(42)27-9-8-12-31(23-27)49-30-10-6-5-7-11-30/h5-20,23-24,32-34,45-46H,21-22H2,1-4H3,(H,39,42)(H,40,44)(H,41,43)/t32-,33+,34-/m0/s1. The van der Waals surface area contributed by atoms with Gasteiger partial charge in [0.25, 0.3) is 5.91 Å². The van der Waals surface area contributed by atoms with Gasteiger partial charge in [0, 0.05) is 12.0 Å². The molecule has 0 heterocycles. The van der Waals surface area contributed by atoms with Crippen molar-refractivity contribution in [2.45, 2.75) is 44.7 Å². The lowest BCUT2D eigenvalue weighted by Gasteiger charge is -2.27. The second kappa shape index (κ2) is 17.7. The van der Waals surface area contributed by atoms with E-state index < -0.39 is 42.9 Å². The van der Waals surface area contributed by atoms with E-state index in [0.29, 0.717) is 23.0 Å². The highest BCUT2D eigenvalue weighted by Crippen LogP contribution is 2.22. The third kappa shape index (κ3) is 10.8. The van der Waals surface area contributed by atoms with Crippen LogP contribution in [-0.4, -0.2) is 67.1 Å². The monoisotopic (exact) mass is 667 g/mol. The molecular weight excluding hydrogens is 625 g/mol. The molecule has 0 aromatic heterocycles. The van der Waals surface area contributed by atoms with Crippen molar-refractivity contribution in [2.75, 3.05) is 14.2 Å². The maximum Gasteiger partial charge on any atom is 0.475 e. The molecule has 256 valence electrons. The Hall–Kier alpha value is -5.33. The SMILES string of the molecule is COc1ccc(C[C@H](NC(=O)c2cccc(Oc3ccccc3)c2)C(=O)N[C@H](C(=O)N[C@H](Cc2ccc(OC)cc2)B(O)O)C(C)C)cc1. The molecule has 0 aliphatic carbocycles. The molecule has 0 fully saturated rings. The number of methoxy groups -OCH3 is 2. The summed E-state index contributed by atoms with van der Waals surface area (Å²) in [5.74, 6) is -0.819. The second-order valence-electron chi connectivity index (χ2n) is 11.8. The van der Waals surface area contributed by atoms with E-state index in [0.717, 1.165) is 11.1 Å². The van der Waals surface area contributed by atoms with E-state index in [9.17, 15) is 24.4 Å². The number of carbonyl (C=O) groups is 3. The highest BCUT2D eigenvalue weighted by molar-refractivity contribution is 6.43. The van der Waals surface area contributed by atoms with Crippen molar-refractivity contribution in [1.82, 2.24) is 16.0 Å². The molecule has 12 heteroatoms. The minimum Gasteiger partial charge on any atom is -0.497 e. The van der Waals surface area contributed by atoms with Crippen molar-refractivity contribution in [3.8, 4) is 23.0 Å². The number of carbonyl (C=O) groups excluding carboxylic acids is 3. The van der Waals surface area contributed by atoms with Crippen LogP contribution in [0.4, 0.5) is 0 Å². The second-order valence-corrected chi connectivity index (χ2v) is 11.8. The highest BCUT2D eigenvalue weighted by Gasteiger charge is 2.33. The topological polar surface area (TPSA) is 155 Å². The predicted octanol–water partition coefficient (Wildman–Crippen LogP) is 3.72. The number of nitrogens with one attached hydrogen (secondary N) is 3. The van der Waals surface area contributed by atoms with Gasteiger partial charge in [-0.15, -0.1) is 0 Å². The number of ether oxygens (including phenoxy) is 3. The first-order chi connectivity index (χ1) is 23.6. The van der Waals surface area contributed by atoms with E-state index in [-0.39, 0.29) is 24.3 Å². The fourth-order valence-corrected chi connectivity index (χ4v) is 5.08. The molecule has 0 aliphatic heterocycles. The molecule has 3 amide bonds. The molecule has 0 saturated carbocycles. The Bertz CT molecular complexity index is 1670. The van der Waals surface area contributed by atoms with Crippen LogP contribution in [0.25, 0.3) is 0 Å². The molecule has 0 spiro atoms. The maximum atomic E-state index is 13.9. The van der Waals surface area contributed by atoms with E-state index >= 15 is 0 Å². The van der Waals surface area contributed by atoms with Gasteiger partial charge >= 0.3 is 7.12 Å². The molecule has 3 atom stereocenters. The Morgan fingerprint density at radius 3 is 1.78 bits per heavy atom. The highest BCUT2D eigenvalue weighted by atomic mass is 16.5. The summed E-state index contributed by atoms with van der Waals surface area (Å²) in [5, 5.41) is 28.5. The average Bonchev–Trinajstić information content (AvgIpc) is 3.10. The molecule has 0 radical (unpaired) electrons. The lowest BCUT2D eigenvalue weighted by Crippen LogP contribution is -2.59. The summed E-state index contributed by atoms with van der Waals surface area (Å²) in [5.41, 5.74) is 1.76.